The van der Waals surface area contributed by atoms with E-state index in [-0.39, 0.29) is 17.5 Å². The van der Waals surface area contributed by atoms with E-state index in [2.05, 4.69) is 0 Å². The van der Waals surface area contributed by atoms with Crippen LogP contribution in [0, 0.1) is 6.92 Å². The van der Waals surface area contributed by atoms with E-state index in [9.17, 15) is 9.90 Å². The third kappa shape index (κ3) is 1.13. The Kier molecular flexibility index (Phi) is 1.65. The molecule has 1 aromatic carbocycles. The van der Waals surface area contributed by atoms with Gasteiger partial charge in [0.2, 0.25) is 0 Å². The fourth-order valence-corrected chi connectivity index (χ4v) is 1.98. The molecular weight excluding hydrogens is 164 g/mol. The van der Waals surface area contributed by atoms with E-state index in [4.69, 9.17) is 0 Å². The Balaban J connectivity index is 2.69. The van der Waals surface area contributed by atoms with E-state index < -0.39 is 0 Å². The first-order valence-corrected chi connectivity index (χ1v) is 4.46. The number of benzene rings is 1. The second-order valence-corrected chi connectivity index (χ2v) is 3.78. The number of carbonyl (C=O) groups is 1. The van der Waals surface area contributed by atoms with Crippen LogP contribution in [0.1, 0.15) is 40.7 Å². The van der Waals surface area contributed by atoms with Gasteiger partial charge in [-0.25, -0.2) is 0 Å². The van der Waals surface area contributed by atoms with Crippen molar-refractivity contribution in [2.45, 2.75) is 26.2 Å². The van der Waals surface area contributed by atoms with E-state index >= 15 is 0 Å². The summed E-state index contributed by atoms with van der Waals surface area (Å²) in [5.74, 6) is 0.470. The van der Waals surface area contributed by atoms with Gasteiger partial charge in [-0.05, 0) is 30.0 Å². The number of aromatic hydroxyl groups is 1. The average molecular weight is 176 g/mol. The maximum Gasteiger partial charge on any atom is 0.167 e. The van der Waals surface area contributed by atoms with Crippen LogP contribution < -0.4 is 0 Å². The quantitative estimate of drug-likeness (QED) is 0.659. The molecule has 0 fully saturated rings. The first-order valence-electron chi connectivity index (χ1n) is 4.46. The molecule has 1 N–H and O–H groups in total. The van der Waals surface area contributed by atoms with Crippen LogP contribution in [0.3, 0.4) is 0 Å². The predicted molar refractivity (Wildman–Crippen MR) is 50.2 cm³/mol. The number of ketones is 1. The lowest BCUT2D eigenvalue weighted by Crippen LogP contribution is -1.92. The lowest BCUT2D eigenvalue weighted by Gasteiger charge is -2.05. The topological polar surface area (TPSA) is 37.3 Å². The van der Waals surface area contributed by atoms with E-state index in [0.29, 0.717) is 12.0 Å². The number of hydrogen-bond donors (Lipinski definition) is 1. The van der Waals surface area contributed by atoms with Crippen LogP contribution >= 0.6 is 0 Å². The van der Waals surface area contributed by atoms with Crippen molar-refractivity contribution in [3.05, 3.63) is 28.8 Å². The first-order chi connectivity index (χ1) is 6.09. The highest BCUT2D eigenvalue weighted by Crippen LogP contribution is 2.38. The van der Waals surface area contributed by atoms with Crippen molar-refractivity contribution in [1.82, 2.24) is 0 Å². The minimum atomic E-state index is 0.0694. The highest BCUT2D eigenvalue weighted by atomic mass is 16.3. The number of phenols is 1. The Morgan fingerprint density at radius 3 is 2.85 bits per heavy atom. The molecule has 0 spiro atoms. The van der Waals surface area contributed by atoms with Gasteiger partial charge in [-0.15, -0.1) is 0 Å². The summed E-state index contributed by atoms with van der Waals surface area (Å²) in [5, 5.41) is 9.58. The van der Waals surface area contributed by atoms with Gasteiger partial charge in [-0.2, -0.15) is 0 Å². The Morgan fingerprint density at radius 1 is 1.46 bits per heavy atom. The molecule has 0 radical (unpaired) electrons. The zero-order chi connectivity index (χ0) is 9.59. The van der Waals surface area contributed by atoms with E-state index in [1.54, 1.807) is 6.07 Å². The summed E-state index contributed by atoms with van der Waals surface area (Å²) in [6, 6.07) is 3.64. The Morgan fingerprint density at radius 2 is 2.15 bits per heavy atom. The molecule has 13 heavy (non-hydrogen) atoms. The summed E-state index contributed by atoms with van der Waals surface area (Å²) in [4.78, 5) is 11.4. The van der Waals surface area contributed by atoms with Crippen LogP contribution in [0.2, 0.25) is 0 Å². The molecule has 0 saturated carbocycles. The standard InChI is InChI=1S/C11H12O2/c1-6-3-8-7(2)5-10(13)11(8)9(12)4-6/h3-4,7,12H,5H2,1-2H3. The summed E-state index contributed by atoms with van der Waals surface area (Å²) in [5.41, 5.74) is 2.55. The molecule has 1 unspecified atom stereocenters. The summed E-state index contributed by atoms with van der Waals surface area (Å²) < 4.78 is 0. The maximum absolute atomic E-state index is 11.4. The van der Waals surface area contributed by atoms with E-state index in [1.807, 2.05) is 19.9 Å². The number of fused-ring (bicyclic) bond motifs is 1. The third-order valence-electron chi connectivity index (χ3n) is 2.59. The monoisotopic (exact) mass is 176 g/mol. The van der Waals surface area contributed by atoms with Crippen LogP contribution in [0.5, 0.6) is 5.75 Å². The Hall–Kier alpha value is -1.31. The minimum Gasteiger partial charge on any atom is -0.507 e. The van der Waals surface area contributed by atoms with Gasteiger partial charge >= 0.3 is 0 Å². The normalized spacial score (nSPS) is 20.5. The van der Waals surface area contributed by atoms with Crippen molar-refractivity contribution in [1.29, 1.82) is 0 Å². The summed E-state index contributed by atoms with van der Waals surface area (Å²) in [6.07, 6.45) is 0.534. The van der Waals surface area contributed by atoms with Crippen LogP contribution in [-0.2, 0) is 0 Å². The maximum atomic E-state index is 11.4. The van der Waals surface area contributed by atoms with E-state index in [0.717, 1.165) is 11.1 Å². The summed E-state index contributed by atoms with van der Waals surface area (Å²) >= 11 is 0. The van der Waals surface area contributed by atoms with Crippen LogP contribution in [0.4, 0.5) is 0 Å². The Labute approximate surface area is 77.2 Å². The van der Waals surface area contributed by atoms with Gasteiger partial charge in [0.05, 0.1) is 5.56 Å². The molecule has 1 atom stereocenters. The number of hydrogen-bond acceptors (Lipinski definition) is 2. The molecule has 68 valence electrons. The molecule has 0 bridgehead atoms. The van der Waals surface area contributed by atoms with Crippen LogP contribution in [0.25, 0.3) is 0 Å². The Bertz CT molecular complexity index is 380. The molecule has 2 nitrogen and oxygen atoms in total. The zero-order valence-corrected chi connectivity index (χ0v) is 7.79. The second kappa shape index (κ2) is 2.59. The molecule has 1 aliphatic carbocycles. The molecule has 1 aliphatic rings. The molecule has 0 aliphatic heterocycles. The second-order valence-electron chi connectivity index (χ2n) is 3.78. The van der Waals surface area contributed by atoms with Crippen molar-refractivity contribution in [3.8, 4) is 5.75 Å². The van der Waals surface area contributed by atoms with Crippen molar-refractivity contribution < 1.29 is 9.90 Å². The molecule has 0 saturated heterocycles. The molecule has 2 heteroatoms. The van der Waals surface area contributed by atoms with Gasteiger partial charge in [-0.1, -0.05) is 13.0 Å². The van der Waals surface area contributed by atoms with Crippen molar-refractivity contribution >= 4 is 5.78 Å². The highest BCUT2D eigenvalue weighted by molar-refractivity contribution is 6.03. The van der Waals surface area contributed by atoms with Gasteiger partial charge in [0.25, 0.3) is 0 Å². The molecule has 0 amide bonds. The molecular formula is C11H12O2. The summed E-state index contributed by atoms with van der Waals surface area (Å²) in [6.45, 7) is 3.94. The number of rotatable bonds is 0. The molecule has 0 heterocycles. The summed E-state index contributed by atoms with van der Waals surface area (Å²) in [7, 11) is 0. The van der Waals surface area contributed by atoms with Gasteiger partial charge in [-0.3, -0.25) is 4.79 Å². The fourth-order valence-electron chi connectivity index (χ4n) is 1.98. The first kappa shape index (κ1) is 8.30. The predicted octanol–water partition coefficient (Wildman–Crippen LogP) is 2.39. The largest absolute Gasteiger partial charge is 0.507 e. The smallest absolute Gasteiger partial charge is 0.167 e. The van der Waals surface area contributed by atoms with Gasteiger partial charge < -0.3 is 5.11 Å². The lowest BCUT2D eigenvalue weighted by atomic mass is 10.0. The number of carbonyl (C=O) groups excluding carboxylic acids is 1. The van der Waals surface area contributed by atoms with Crippen LogP contribution in [0.15, 0.2) is 12.1 Å². The van der Waals surface area contributed by atoms with Gasteiger partial charge in [0.15, 0.2) is 5.78 Å². The molecule has 1 aromatic rings. The third-order valence-corrected chi connectivity index (χ3v) is 2.59. The van der Waals surface area contributed by atoms with E-state index in [1.165, 1.54) is 0 Å². The minimum absolute atomic E-state index is 0.0694. The van der Waals surface area contributed by atoms with Crippen LogP contribution in [-0.4, -0.2) is 10.9 Å². The number of Topliss-reactive ketones (excluding diaryl/α,β-unsaturated/α-hetero) is 1. The molecule has 2 rings (SSSR count). The lowest BCUT2D eigenvalue weighted by molar-refractivity contribution is 0.0988. The number of phenolic OH excluding ortho intramolecular Hbond substituents is 1. The molecule has 0 aromatic heterocycles. The van der Waals surface area contributed by atoms with Crippen molar-refractivity contribution in [3.63, 3.8) is 0 Å². The van der Waals surface area contributed by atoms with Crippen molar-refractivity contribution in [2.24, 2.45) is 0 Å². The SMILES string of the molecule is Cc1cc(O)c2c(c1)C(C)CC2=O. The zero-order valence-electron chi connectivity index (χ0n) is 7.79. The van der Waals surface area contributed by atoms with Crippen molar-refractivity contribution in [2.75, 3.05) is 0 Å². The highest BCUT2D eigenvalue weighted by Gasteiger charge is 2.28. The van der Waals surface area contributed by atoms with Gasteiger partial charge in [0, 0.05) is 6.42 Å². The fraction of sp³-hybridized carbons (Fsp3) is 0.364. The van der Waals surface area contributed by atoms with Gasteiger partial charge in [0.1, 0.15) is 5.75 Å². The average Bonchev–Trinajstić information content (AvgIpc) is 2.27. The number of aryl methyl sites for hydroxylation is 1.